The van der Waals surface area contributed by atoms with Gasteiger partial charge in [0.05, 0.1) is 0 Å². The first kappa shape index (κ1) is 12.4. The Hall–Kier alpha value is -1.06. The summed E-state index contributed by atoms with van der Waals surface area (Å²) in [5.41, 5.74) is 8.00. The summed E-state index contributed by atoms with van der Waals surface area (Å²) in [6.45, 7) is 6.98. The lowest BCUT2D eigenvalue weighted by Crippen LogP contribution is -2.50. The normalized spacial score (nSPS) is 22.8. The van der Waals surface area contributed by atoms with E-state index in [2.05, 4.69) is 35.9 Å². The summed E-state index contributed by atoms with van der Waals surface area (Å²) in [6.07, 6.45) is 1.10. The first-order chi connectivity index (χ1) is 8.15. The van der Waals surface area contributed by atoms with Gasteiger partial charge >= 0.3 is 0 Å². The third-order valence-corrected chi connectivity index (χ3v) is 3.71. The van der Waals surface area contributed by atoms with E-state index in [1.54, 1.807) is 0 Å². The smallest absolute Gasteiger partial charge is 0.0316 e. The molecule has 0 spiro atoms. The van der Waals surface area contributed by atoms with Crippen LogP contribution >= 0.6 is 0 Å². The van der Waals surface area contributed by atoms with Gasteiger partial charge in [-0.1, -0.05) is 12.1 Å². The summed E-state index contributed by atoms with van der Waals surface area (Å²) in [6, 6.07) is 8.90. The Kier molecular flexibility index (Phi) is 4.02. The minimum absolute atomic E-state index is 0.671. The molecule has 94 valence electrons. The lowest BCUT2D eigenvalue weighted by molar-refractivity contribution is 0.106. The standard InChI is InChI=1S/C14H23N3/c1-12-11-17(9-8-16(12)2)7-6-13-4-3-5-14(15)10-13/h3-5,10,12H,6-9,11,15H2,1-2H3. The lowest BCUT2D eigenvalue weighted by Gasteiger charge is -2.37. The minimum Gasteiger partial charge on any atom is -0.399 e. The van der Waals surface area contributed by atoms with Gasteiger partial charge in [-0.25, -0.2) is 0 Å². The number of benzene rings is 1. The largest absolute Gasteiger partial charge is 0.399 e. The summed E-state index contributed by atoms with van der Waals surface area (Å²) in [5, 5.41) is 0. The van der Waals surface area contributed by atoms with Crippen molar-refractivity contribution in [1.29, 1.82) is 0 Å². The Bertz CT molecular complexity index is 364. The Morgan fingerprint density at radius 2 is 2.18 bits per heavy atom. The van der Waals surface area contributed by atoms with E-state index in [0.29, 0.717) is 6.04 Å². The van der Waals surface area contributed by atoms with Crippen molar-refractivity contribution in [1.82, 2.24) is 9.80 Å². The Morgan fingerprint density at radius 3 is 2.88 bits per heavy atom. The Labute approximate surface area is 104 Å². The zero-order valence-electron chi connectivity index (χ0n) is 10.9. The van der Waals surface area contributed by atoms with Crippen LogP contribution in [0.25, 0.3) is 0 Å². The van der Waals surface area contributed by atoms with Gasteiger partial charge in [0, 0.05) is 37.9 Å². The van der Waals surface area contributed by atoms with Gasteiger partial charge < -0.3 is 15.5 Å². The zero-order chi connectivity index (χ0) is 12.3. The molecule has 1 atom stereocenters. The van der Waals surface area contributed by atoms with Gasteiger partial charge in [0.1, 0.15) is 0 Å². The van der Waals surface area contributed by atoms with Crippen LogP contribution in [0.2, 0.25) is 0 Å². The van der Waals surface area contributed by atoms with Gasteiger partial charge in [-0.2, -0.15) is 0 Å². The molecule has 0 radical (unpaired) electrons. The molecule has 0 amide bonds. The SMILES string of the molecule is CC1CN(CCc2cccc(N)c2)CCN1C. The number of nitrogens with two attached hydrogens (primary N) is 1. The first-order valence-electron chi connectivity index (χ1n) is 6.42. The maximum atomic E-state index is 5.79. The van der Waals surface area contributed by atoms with Crippen LogP contribution in [-0.2, 0) is 6.42 Å². The van der Waals surface area contributed by atoms with Crippen molar-refractivity contribution in [2.75, 3.05) is 39.0 Å². The van der Waals surface area contributed by atoms with E-state index in [-0.39, 0.29) is 0 Å². The van der Waals surface area contributed by atoms with Gasteiger partial charge in [-0.3, -0.25) is 0 Å². The number of nitrogen functional groups attached to an aromatic ring is 1. The molecule has 0 bridgehead atoms. The zero-order valence-corrected chi connectivity index (χ0v) is 10.9. The number of hydrogen-bond donors (Lipinski definition) is 1. The third-order valence-electron chi connectivity index (χ3n) is 3.71. The fourth-order valence-electron chi connectivity index (χ4n) is 2.36. The Morgan fingerprint density at radius 1 is 1.35 bits per heavy atom. The molecule has 1 aromatic rings. The van der Waals surface area contributed by atoms with Gasteiger partial charge in [0.15, 0.2) is 0 Å². The maximum absolute atomic E-state index is 5.79. The lowest BCUT2D eigenvalue weighted by atomic mass is 10.1. The number of hydrogen-bond acceptors (Lipinski definition) is 3. The van der Waals surface area contributed by atoms with E-state index < -0.39 is 0 Å². The monoisotopic (exact) mass is 233 g/mol. The number of piperazine rings is 1. The highest BCUT2D eigenvalue weighted by atomic mass is 15.3. The van der Waals surface area contributed by atoms with Gasteiger partial charge in [-0.15, -0.1) is 0 Å². The van der Waals surface area contributed by atoms with Crippen LogP contribution in [0, 0.1) is 0 Å². The topological polar surface area (TPSA) is 32.5 Å². The summed E-state index contributed by atoms with van der Waals surface area (Å²) in [4.78, 5) is 4.98. The van der Waals surface area contributed by atoms with Gasteiger partial charge in [0.25, 0.3) is 0 Å². The van der Waals surface area contributed by atoms with E-state index in [4.69, 9.17) is 5.73 Å². The summed E-state index contributed by atoms with van der Waals surface area (Å²) < 4.78 is 0. The molecule has 1 aliphatic heterocycles. The molecular weight excluding hydrogens is 210 g/mol. The third kappa shape index (κ3) is 3.45. The highest BCUT2D eigenvalue weighted by Crippen LogP contribution is 2.10. The molecular formula is C14H23N3. The molecule has 2 rings (SSSR count). The first-order valence-corrected chi connectivity index (χ1v) is 6.42. The van der Waals surface area contributed by atoms with Gasteiger partial charge in [-0.05, 0) is 38.1 Å². The summed E-state index contributed by atoms with van der Waals surface area (Å²) >= 11 is 0. The van der Waals surface area contributed by atoms with Gasteiger partial charge in [0.2, 0.25) is 0 Å². The van der Waals surface area contributed by atoms with E-state index in [1.165, 1.54) is 25.2 Å². The van der Waals surface area contributed by atoms with Crippen LogP contribution in [0.3, 0.4) is 0 Å². The predicted molar refractivity (Wildman–Crippen MR) is 73.1 cm³/mol. The molecule has 1 unspecified atom stereocenters. The molecule has 1 aromatic carbocycles. The van der Waals surface area contributed by atoms with Crippen molar-refractivity contribution < 1.29 is 0 Å². The molecule has 0 aliphatic carbocycles. The molecule has 3 heteroatoms. The predicted octanol–water partition coefficient (Wildman–Crippen LogP) is 1.45. The summed E-state index contributed by atoms with van der Waals surface area (Å²) in [7, 11) is 2.21. The number of nitrogens with zero attached hydrogens (tertiary/aromatic N) is 2. The molecule has 1 aliphatic rings. The van der Waals surface area contributed by atoms with Crippen molar-refractivity contribution >= 4 is 5.69 Å². The van der Waals surface area contributed by atoms with E-state index in [0.717, 1.165) is 18.7 Å². The highest BCUT2D eigenvalue weighted by Gasteiger charge is 2.19. The van der Waals surface area contributed by atoms with E-state index in [1.807, 2.05) is 12.1 Å². The second kappa shape index (κ2) is 5.52. The molecule has 2 N–H and O–H groups in total. The summed E-state index contributed by atoms with van der Waals surface area (Å²) in [5.74, 6) is 0. The van der Waals surface area contributed by atoms with Crippen molar-refractivity contribution in [2.24, 2.45) is 0 Å². The van der Waals surface area contributed by atoms with E-state index in [9.17, 15) is 0 Å². The fraction of sp³-hybridized carbons (Fsp3) is 0.571. The van der Waals surface area contributed by atoms with Crippen molar-refractivity contribution in [3.05, 3.63) is 29.8 Å². The van der Waals surface area contributed by atoms with Crippen molar-refractivity contribution in [2.45, 2.75) is 19.4 Å². The highest BCUT2D eigenvalue weighted by molar-refractivity contribution is 5.40. The van der Waals surface area contributed by atoms with Crippen molar-refractivity contribution in [3.63, 3.8) is 0 Å². The fourth-order valence-corrected chi connectivity index (χ4v) is 2.36. The van der Waals surface area contributed by atoms with E-state index >= 15 is 0 Å². The van der Waals surface area contributed by atoms with Crippen LogP contribution < -0.4 is 5.73 Å². The number of rotatable bonds is 3. The molecule has 1 fully saturated rings. The van der Waals surface area contributed by atoms with Crippen LogP contribution in [0.1, 0.15) is 12.5 Å². The molecule has 17 heavy (non-hydrogen) atoms. The van der Waals surface area contributed by atoms with Crippen LogP contribution in [0.5, 0.6) is 0 Å². The number of anilines is 1. The average Bonchev–Trinajstić information content (AvgIpc) is 2.31. The average molecular weight is 233 g/mol. The molecule has 1 heterocycles. The quantitative estimate of drug-likeness (QED) is 0.802. The minimum atomic E-state index is 0.671. The molecule has 0 saturated carbocycles. The molecule has 3 nitrogen and oxygen atoms in total. The van der Waals surface area contributed by atoms with Crippen molar-refractivity contribution in [3.8, 4) is 0 Å². The van der Waals surface area contributed by atoms with Crippen LogP contribution in [-0.4, -0.2) is 49.1 Å². The molecule has 0 aromatic heterocycles. The maximum Gasteiger partial charge on any atom is 0.0316 e. The second-order valence-electron chi connectivity index (χ2n) is 5.13. The Balaban J connectivity index is 1.82. The number of likely N-dealkylation sites (N-methyl/N-ethyl adjacent to an activating group) is 1. The second-order valence-corrected chi connectivity index (χ2v) is 5.13. The van der Waals surface area contributed by atoms with Crippen LogP contribution in [0.4, 0.5) is 5.69 Å². The molecule has 1 saturated heterocycles. The van der Waals surface area contributed by atoms with Crippen LogP contribution in [0.15, 0.2) is 24.3 Å².